The van der Waals surface area contributed by atoms with Gasteiger partial charge < -0.3 is 5.73 Å². The van der Waals surface area contributed by atoms with E-state index in [0.717, 1.165) is 24.8 Å². The molecule has 14 heavy (non-hydrogen) atoms. The van der Waals surface area contributed by atoms with E-state index in [1.807, 2.05) is 12.1 Å². The Morgan fingerprint density at radius 1 is 1.14 bits per heavy atom. The number of alkyl halides is 1. The van der Waals surface area contributed by atoms with E-state index in [-0.39, 0.29) is 12.2 Å². The molecule has 0 spiro atoms. The molecule has 2 N–H and O–H groups in total. The SMILES string of the molecule is NC1(Cc2ccc(CCF)cc2)CC1. The molecular formula is C12H16FN. The van der Waals surface area contributed by atoms with E-state index >= 15 is 0 Å². The molecule has 0 amide bonds. The Balaban J connectivity index is 1.99. The quantitative estimate of drug-likeness (QED) is 0.779. The van der Waals surface area contributed by atoms with Gasteiger partial charge in [0.15, 0.2) is 0 Å². The van der Waals surface area contributed by atoms with Crippen molar-refractivity contribution in [1.29, 1.82) is 0 Å². The number of hydrogen-bond donors (Lipinski definition) is 1. The smallest absolute Gasteiger partial charge is 0.0934 e. The summed E-state index contributed by atoms with van der Waals surface area (Å²) in [5.74, 6) is 0. The van der Waals surface area contributed by atoms with Gasteiger partial charge in [-0.25, -0.2) is 0 Å². The fourth-order valence-electron chi connectivity index (χ4n) is 1.68. The molecule has 0 radical (unpaired) electrons. The predicted octanol–water partition coefficient (Wildman–Crippen LogP) is 2.23. The highest BCUT2D eigenvalue weighted by molar-refractivity contribution is 5.25. The van der Waals surface area contributed by atoms with Crippen LogP contribution in [0.15, 0.2) is 24.3 Å². The maximum atomic E-state index is 12.0. The highest BCUT2D eigenvalue weighted by atomic mass is 19.1. The molecule has 1 nitrogen and oxygen atoms in total. The molecule has 0 aromatic heterocycles. The Labute approximate surface area is 84.1 Å². The lowest BCUT2D eigenvalue weighted by atomic mass is 10.0. The third-order valence-electron chi connectivity index (χ3n) is 2.85. The fourth-order valence-corrected chi connectivity index (χ4v) is 1.68. The number of rotatable bonds is 4. The molecule has 1 aliphatic carbocycles. The summed E-state index contributed by atoms with van der Waals surface area (Å²) in [7, 11) is 0. The number of halogens is 1. The lowest BCUT2D eigenvalue weighted by Gasteiger charge is -2.08. The molecule has 1 saturated carbocycles. The average Bonchev–Trinajstić information content (AvgIpc) is 2.88. The Hall–Kier alpha value is -0.890. The van der Waals surface area contributed by atoms with Crippen LogP contribution in [0, 0.1) is 0 Å². The molecule has 1 aromatic rings. The summed E-state index contributed by atoms with van der Waals surface area (Å²) in [5.41, 5.74) is 8.42. The molecule has 2 heteroatoms. The minimum atomic E-state index is -0.278. The summed E-state index contributed by atoms with van der Waals surface area (Å²) >= 11 is 0. The number of nitrogens with two attached hydrogens (primary N) is 1. The van der Waals surface area contributed by atoms with E-state index in [1.54, 1.807) is 0 Å². The molecular weight excluding hydrogens is 177 g/mol. The highest BCUT2D eigenvalue weighted by Gasteiger charge is 2.37. The van der Waals surface area contributed by atoms with Gasteiger partial charge in [-0.15, -0.1) is 0 Å². The summed E-state index contributed by atoms with van der Waals surface area (Å²) in [4.78, 5) is 0. The molecule has 0 atom stereocenters. The third-order valence-corrected chi connectivity index (χ3v) is 2.85. The van der Waals surface area contributed by atoms with Gasteiger partial charge >= 0.3 is 0 Å². The van der Waals surface area contributed by atoms with Gasteiger partial charge in [0.2, 0.25) is 0 Å². The van der Waals surface area contributed by atoms with E-state index in [1.165, 1.54) is 5.56 Å². The van der Waals surface area contributed by atoms with Crippen molar-refractivity contribution in [3.63, 3.8) is 0 Å². The standard InChI is InChI=1S/C12H16FN/c13-8-5-10-1-3-11(4-2-10)9-12(14)6-7-12/h1-4H,5-9,14H2. The maximum absolute atomic E-state index is 12.0. The number of hydrogen-bond acceptors (Lipinski definition) is 1. The first kappa shape index (κ1) is 9.66. The van der Waals surface area contributed by atoms with Crippen molar-refractivity contribution in [3.8, 4) is 0 Å². The monoisotopic (exact) mass is 193 g/mol. The zero-order valence-electron chi connectivity index (χ0n) is 8.30. The second-order valence-electron chi connectivity index (χ2n) is 4.29. The van der Waals surface area contributed by atoms with Gasteiger partial charge in [0.1, 0.15) is 0 Å². The topological polar surface area (TPSA) is 26.0 Å². The summed E-state index contributed by atoms with van der Waals surface area (Å²) in [5, 5.41) is 0. The molecule has 0 heterocycles. The molecule has 1 aromatic carbocycles. The number of benzene rings is 1. The largest absolute Gasteiger partial charge is 0.325 e. The summed E-state index contributed by atoms with van der Waals surface area (Å²) in [6, 6.07) is 8.14. The van der Waals surface area contributed by atoms with Crippen LogP contribution in [0.25, 0.3) is 0 Å². The first-order chi connectivity index (χ1) is 6.72. The van der Waals surface area contributed by atoms with Crippen molar-refractivity contribution >= 4 is 0 Å². The van der Waals surface area contributed by atoms with Crippen molar-refractivity contribution in [2.45, 2.75) is 31.2 Å². The fraction of sp³-hybridized carbons (Fsp3) is 0.500. The second kappa shape index (κ2) is 3.70. The van der Waals surface area contributed by atoms with Crippen LogP contribution in [0.5, 0.6) is 0 Å². The maximum Gasteiger partial charge on any atom is 0.0934 e. The Morgan fingerprint density at radius 3 is 2.21 bits per heavy atom. The van der Waals surface area contributed by atoms with Gasteiger partial charge in [-0.3, -0.25) is 4.39 Å². The van der Waals surface area contributed by atoms with Crippen molar-refractivity contribution in [2.75, 3.05) is 6.67 Å². The van der Waals surface area contributed by atoms with Gasteiger partial charge in [0.25, 0.3) is 0 Å². The minimum absolute atomic E-state index is 0.0710. The zero-order valence-corrected chi connectivity index (χ0v) is 8.30. The van der Waals surface area contributed by atoms with Crippen LogP contribution in [0.4, 0.5) is 4.39 Å². The van der Waals surface area contributed by atoms with Crippen LogP contribution in [-0.4, -0.2) is 12.2 Å². The van der Waals surface area contributed by atoms with Gasteiger partial charge in [-0.1, -0.05) is 24.3 Å². The van der Waals surface area contributed by atoms with Crippen LogP contribution < -0.4 is 5.73 Å². The van der Waals surface area contributed by atoms with Gasteiger partial charge in [-0.2, -0.15) is 0 Å². The number of aryl methyl sites for hydroxylation is 1. The normalized spacial score (nSPS) is 18.1. The van der Waals surface area contributed by atoms with Crippen LogP contribution >= 0.6 is 0 Å². The zero-order chi connectivity index (χ0) is 10.0. The van der Waals surface area contributed by atoms with E-state index in [2.05, 4.69) is 12.1 Å². The van der Waals surface area contributed by atoms with E-state index in [0.29, 0.717) is 6.42 Å². The molecule has 0 bridgehead atoms. The molecule has 0 saturated heterocycles. The molecule has 1 fully saturated rings. The second-order valence-corrected chi connectivity index (χ2v) is 4.29. The summed E-state index contributed by atoms with van der Waals surface area (Å²) in [6.07, 6.45) is 3.76. The molecule has 76 valence electrons. The minimum Gasteiger partial charge on any atom is -0.325 e. The Morgan fingerprint density at radius 2 is 1.71 bits per heavy atom. The van der Waals surface area contributed by atoms with Crippen molar-refractivity contribution < 1.29 is 4.39 Å². The summed E-state index contributed by atoms with van der Waals surface area (Å²) < 4.78 is 12.0. The molecule has 0 unspecified atom stereocenters. The lowest BCUT2D eigenvalue weighted by Crippen LogP contribution is -2.24. The van der Waals surface area contributed by atoms with Crippen molar-refractivity contribution in [2.24, 2.45) is 5.73 Å². The third kappa shape index (κ3) is 2.32. The molecule has 0 aliphatic heterocycles. The van der Waals surface area contributed by atoms with Crippen molar-refractivity contribution in [1.82, 2.24) is 0 Å². The average molecular weight is 193 g/mol. The molecule has 2 rings (SSSR count). The summed E-state index contributed by atoms with van der Waals surface area (Å²) in [6.45, 7) is -0.278. The van der Waals surface area contributed by atoms with Crippen LogP contribution in [0.3, 0.4) is 0 Å². The van der Waals surface area contributed by atoms with Crippen LogP contribution in [0.2, 0.25) is 0 Å². The first-order valence-electron chi connectivity index (χ1n) is 5.15. The highest BCUT2D eigenvalue weighted by Crippen LogP contribution is 2.35. The van der Waals surface area contributed by atoms with Gasteiger partial charge in [0, 0.05) is 12.0 Å². The molecule has 1 aliphatic rings. The van der Waals surface area contributed by atoms with Gasteiger partial charge in [-0.05, 0) is 30.4 Å². The predicted molar refractivity (Wildman–Crippen MR) is 56.0 cm³/mol. The van der Waals surface area contributed by atoms with E-state index in [4.69, 9.17) is 5.73 Å². The van der Waals surface area contributed by atoms with Crippen LogP contribution in [0.1, 0.15) is 24.0 Å². The van der Waals surface area contributed by atoms with Gasteiger partial charge in [0.05, 0.1) is 6.67 Å². The van der Waals surface area contributed by atoms with E-state index < -0.39 is 0 Å². The first-order valence-corrected chi connectivity index (χ1v) is 5.15. The Kier molecular flexibility index (Phi) is 2.55. The lowest BCUT2D eigenvalue weighted by molar-refractivity contribution is 0.495. The Bertz CT molecular complexity index is 301. The van der Waals surface area contributed by atoms with Crippen LogP contribution in [-0.2, 0) is 12.8 Å². The van der Waals surface area contributed by atoms with Crippen molar-refractivity contribution in [3.05, 3.63) is 35.4 Å². The van der Waals surface area contributed by atoms with E-state index in [9.17, 15) is 4.39 Å².